The first kappa shape index (κ1) is 22.4. The van der Waals surface area contributed by atoms with Crippen molar-refractivity contribution in [2.45, 2.75) is 31.3 Å². The molecule has 0 saturated carbocycles. The molecule has 8 nitrogen and oxygen atoms in total. The van der Waals surface area contributed by atoms with Crippen molar-refractivity contribution in [2.24, 2.45) is 0 Å². The molecule has 3 aromatic rings. The van der Waals surface area contributed by atoms with Crippen LogP contribution in [0, 0.1) is 0 Å². The van der Waals surface area contributed by atoms with E-state index in [1.54, 1.807) is 11.8 Å². The third kappa shape index (κ3) is 3.56. The predicted molar refractivity (Wildman–Crippen MR) is 133 cm³/mol. The molecule has 8 heteroatoms. The van der Waals surface area contributed by atoms with Gasteiger partial charge in [-0.3, -0.25) is 14.5 Å². The number of imide groups is 1. The van der Waals surface area contributed by atoms with Gasteiger partial charge in [0.25, 0.3) is 5.91 Å². The Balaban J connectivity index is 1.23. The van der Waals surface area contributed by atoms with Gasteiger partial charge >= 0.3 is 6.03 Å². The van der Waals surface area contributed by atoms with Gasteiger partial charge in [0.2, 0.25) is 5.91 Å². The van der Waals surface area contributed by atoms with E-state index in [4.69, 9.17) is 9.47 Å². The number of nitrogens with one attached hydrogen (secondary N) is 1. The van der Waals surface area contributed by atoms with Gasteiger partial charge in [-0.05, 0) is 53.8 Å². The summed E-state index contributed by atoms with van der Waals surface area (Å²) in [5.74, 6) is 0.705. The van der Waals surface area contributed by atoms with E-state index in [2.05, 4.69) is 5.32 Å². The molecule has 36 heavy (non-hydrogen) atoms. The average molecular weight is 486 g/mol. The number of amides is 4. The summed E-state index contributed by atoms with van der Waals surface area (Å²) in [5, 5.41) is 4.72. The van der Waals surface area contributed by atoms with Crippen LogP contribution in [-0.2, 0) is 15.1 Å². The molecular formula is C28H27N3O5. The highest BCUT2D eigenvalue weighted by Gasteiger charge is 2.50. The maximum absolute atomic E-state index is 13.6. The maximum Gasteiger partial charge on any atom is 0.325 e. The van der Waals surface area contributed by atoms with E-state index in [-0.39, 0.29) is 18.5 Å². The molecule has 0 aromatic heterocycles. The molecule has 184 valence electrons. The van der Waals surface area contributed by atoms with Crippen molar-refractivity contribution in [1.82, 2.24) is 15.1 Å². The number of urea groups is 1. The van der Waals surface area contributed by atoms with Gasteiger partial charge in [0.15, 0.2) is 11.5 Å². The van der Waals surface area contributed by atoms with Gasteiger partial charge in [0.1, 0.15) is 25.3 Å². The van der Waals surface area contributed by atoms with Crippen molar-refractivity contribution in [3.05, 3.63) is 71.8 Å². The zero-order chi connectivity index (χ0) is 24.9. The minimum atomic E-state index is -1.25. The molecule has 0 radical (unpaired) electrons. The number of hydrogen-bond acceptors (Lipinski definition) is 5. The van der Waals surface area contributed by atoms with E-state index < -0.39 is 17.5 Å². The summed E-state index contributed by atoms with van der Waals surface area (Å²) in [5.41, 5.74) is 0.422. The van der Waals surface area contributed by atoms with E-state index >= 15 is 0 Å². The second kappa shape index (κ2) is 8.55. The van der Waals surface area contributed by atoms with Crippen LogP contribution in [0.25, 0.3) is 10.8 Å². The highest BCUT2D eigenvalue weighted by atomic mass is 16.6. The van der Waals surface area contributed by atoms with E-state index in [1.807, 2.05) is 60.7 Å². The van der Waals surface area contributed by atoms with Crippen LogP contribution in [0.3, 0.4) is 0 Å². The molecule has 3 aromatic carbocycles. The molecule has 3 aliphatic rings. The fraction of sp³-hybridized carbons (Fsp3) is 0.321. The summed E-state index contributed by atoms with van der Waals surface area (Å²) in [6, 6.07) is 18.5. The average Bonchev–Trinajstić information content (AvgIpc) is 3.48. The third-order valence-electron chi connectivity index (χ3n) is 7.42. The highest BCUT2D eigenvalue weighted by Crippen LogP contribution is 2.39. The Hall–Kier alpha value is -4.07. The molecule has 0 spiro atoms. The standard InChI is InChI=1S/C28H27N3O5/c1-28(21-9-4-7-18-6-2-3-8-20(18)21)26(33)31(27(34)29-28)17-25(32)30-13-5-10-22(30)19-11-12-23-24(16-19)36-15-14-35-23/h2-4,6-9,11-12,16,22H,5,10,13-15,17H2,1H3,(H,29,34). The van der Waals surface area contributed by atoms with Crippen molar-refractivity contribution in [2.75, 3.05) is 26.3 Å². The van der Waals surface area contributed by atoms with Gasteiger partial charge in [0, 0.05) is 6.54 Å². The molecule has 2 atom stereocenters. The Morgan fingerprint density at radius 1 is 1.03 bits per heavy atom. The molecule has 3 aliphatic heterocycles. The van der Waals surface area contributed by atoms with E-state index in [0.717, 1.165) is 34.1 Å². The van der Waals surface area contributed by atoms with Crippen LogP contribution in [0.2, 0.25) is 0 Å². The van der Waals surface area contributed by atoms with Crippen LogP contribution in [0.1, 0.15) is 36.9 Å². The molecule has 2 unspecified atom stereocenters. The Labute approximate surface area is 208 Å². The first-order valence-electron chi connectivity index (χ1n) is 12.3. The lowest BCUT2D eigenvalue weighted by Gasteiger charge is -2.28. The summed E-state index contributed by atoms with van der Waals surface area (Å²) in [6.07, 6.45) is 1.65. The summed E-state index contributed by atoms with van der Waals surface area (Å²) in [7, 11) is 0. The van der Waals surface area contributed by atoms with Gasteiger partial charge in [-0.1, -0.05) is 48.5 Å². The lowest BCUT2D eigenvalue weighted by Crippen LogP contribution is -2.44. The summed E-state index contributed by atoms with van der Waals surface area (Å²) < 4.78 is 11.3. The van der Waals surface area contributed by atoms with Crippen molar-refractivity contribution in [3.8, 4) is 11.5 Å². The quantitative estimate of drug-likeness (QED) is 0.569. The lowest BCUT2D eigenvalue weighted by atomic mass is 9.88. The maximum atomic E-state index is 13.6. The molecule has 2 fully saturated rings. The van der Waals surface area contributed by atoms with E-state index in [9.17, 15) is 14.4 Å². The zero-order valence-electron chi connectivity index (χ0n) is 20.0. The number of likely N-dealkylation sites (tertiary alicyclic amines) is 1. The lowest BCUT2D eigenvalue weighted by molar-refractivity contribution is -0.139. The fourth-order valence-corrected chi connectivity index (χ4v) is 5.59. The van der Waals surface area contributed by atoms with Gasteiger partial charge in [-0.2, -0.15) is 0 Å². The van der Waals surface area contributed by atoms with Crippen LogP contribution in [0.15, 0.2) is 60.7 Å². The first-order valence-corrected chi connectivity index (χ1v) is 12.3. The number of hydrogen-bond donors (Lipinski definition) is 1. The van der Waals surface area contributed by atoms with Crippen LogP contribution in [-0.4, -0.2) is 53.9 Å². The summed E-state index contributed by atoms with van der Waals surface area (Å²) in [6.45, 7) is 2.98. The SMILES string of the molecule is CC1(c2cccc3ccccc23)NC(=O)N(CC(=O)N2CCCC2c2ccc3c(c2)OCCO3)C1=O. The fourth-order valence-electron chi connectivity index (χ4n) is 5.59. The minimum Gasteiger partial charge on any atom is -0.486 e. The van der Waals surface area contributed by atoms with Gasteiger partial charge in [-0.15, -0.1) is 0 Å². The van der Waals surface area contributed by atoms with Crippen LogP contribution < -0.4 is 14.8 Å². The van der Waals surface area contributed by atoms with Crippen molar-refractivity contribution >= 4 is 28.6 Å². The smallest absolute Gasteiger partial charge is 0.325 e. The van der Waals surface area contributed by atoms with Crippen molar-refractivity contribution in [1.29, 1.82) is 0 Å². The van der Waals surface area contributed by atoms with Crippen molar-refractivity contribution in [3.63, 3.8) is 0 Å². The van der Waals surface area contributed by atoms with Crippen LogP contribution >= 0.6 is 0 Å². The number of carbonyl (C=O) groups is 3. The highest BCUT2D eigenvalue weighted by molar-refractivity contribution is 6.10. The largest absolute Gasteiger partial charge is 0.486 e. The van der Waals surface area contributed by atoms with E-state index in [0.29, 0.717) is 36.8 Å². The Morgan fingerprint density at radius 3 is 2.67 bits per heavy atom. The minimum absolute atomic E-state index is 0.140. The van der Waals surface area contributed by atoms with Crippen LogP contribution in [0.4, 0.5) is 4.79 Å². The number of ether oxygens (including phenoxy) is 2. The number of nitrogens with zero attached hydrogens (tertiary/aromatic N) is 2. The number of carbonyl (C=O) groups excluding carboxylic acids is 3. The third-order valence-corrected chi connectivity index (χ3v) is 7.42. The van der Waals surface area contributed by atoms with Crippen LogP contribution in [0.5, 0.6) is 11.5 Å². The Bertz CT molecular complexity index is 1380. The van der Waals surface area contributed by atoms with Gasteiger partial charge < -0.3 is 19.7 Å². The number of benzene rings is 3. The molecular weight excluding hydrogens is 458 g/mol. The second-order valence-corrected chi connectivity index (χ2v) is 9.62. The zero-order valence-corrected chi connectivity index (χ0v) is 20.0. The van der Waals surface area contributed by atoms with Gasteiger partial charge in [-0.25, -0.2) is 4.79 Å². The molecule has 1 N–H and O–H groups in total. The molecule has 2 saturated heterocycles. The van der Waals surface area contributed by atoms with Gasteiger partial charge in [0.05, 0.1) is 6.04 Å². The number of rotatable bonds is 4. The normalized spacial score (nSPS) is 23.3. The number of fused-ring (bicyclic) bond motifs is 2. The summed E-state index contributed by atoms with van der Waals surface area (Å²) >= 11 is 0. The Kier molecular flexibility index (Phi) is 5.32. The Morgan fingerprint density at radius 2 is 1.81 bits per heavy atom. The predicted octanol–water partition coefficient (Wildman–Crippen LogP) is 3.74. The second-order valence-electron chi connectivity index (χ2n) is 9.62. The monoisotopic (exact) mass is 485 g/mol. The van der Waals surface area contributed by atoms with Crippen molar-refractivity contribution < 1.29 is 23.9 Å². The topological polar surface area (TPSA) is 88.2 Å². The molecule has 6 rings (SSSR count). The van der Waals surface area contributed by atoms with E-state index in [1.165, 1.54) is 0 Å². The molecule has 4 amide bonds. The molecule has 3 heterocycles. The summed E-state index contributed by atoms with van der Waals surface area (Å²) in [4.78, 5) is 42.8. The first-order chi connectivity index (χ1) is 17.5. The molecule has 0 bridgehead atoms. The molecule has 0 aliphatic carbocycles.